The van der Waals surface area contributed by atoms with Gasteiger partial charge in [-0.15, -0.1) is 0 Å². The first-order valence-corrected chi connectivity index (χ1v) is 10.4. The zero-order valence-electron chi connectivity index (χ0n) is 17.1. The number of nitrogens with one attached hydrogen (secondary N) is 1. The van der Waals surface area contributed by atoms with Gasteiger partial charge in [0, 0.05) is 19.3 Å². The van der Waals surface area contributed by atoms with Crippen molar-refractivity contribution in [1.29, 1.82) is 0 Å². The van der Waals surface area contributed by atoms with E-state index in [1.165, 1.54) is 12.1 Å². The minimum atomic E-state index is -0.333. The first-order valence-electron chi connectivity index (χ1n) is 10.4. The Morgan fingerprint density at radius 2 is 1.74 bits per heavy atom. The van der Waals surface area contributed by atoms with Crippen LogP contribution in [0.3, 0.4) is 0 Å². The van der Waals surface area contributed by atoms with Crippen LogP contribution < -0.4 is 10.9 Å². The fourth-order valence-electron chi connectivity index (χ4n) is 4.13. The van der Waals surface area contributed by atoms with Crippen molar-refractivity contribution in [3.63, 3.8) is 0 Å². The molecule has 1 aliphatic heterocycles. The lowest BCUT2D eigenvalue weighted by Crippen LogP contribution is -2.17. The van der Waals surface area contributed by atoms with E-state index in [2.05, 4.69) is 29.4 Å². The molecule has 6 nitrogen and oxygen atoms in total. The van der Waals surface area contributed by atoms with Crippen LogP contribution in [0.5, 0.6) is 0 Å². The monoisotopic (exact) mass is 415 g/mol. The van der Waals surface area contributed by atoms with E-state index in [0.29, 0.717) is 29.3 Å². The Labute approximate surface area is 179 Å². The minimum absolute atomic E-state index is 0.0236. The summed E-state index contributed by atoms with van der Waals surface area (Å²) in [7, 11) is 0. The topological polar surface area (TPSA) is 64.7 Å². The zero-order chi connectivity index (χ0) is 21.4. The molecule has 1 aliphatic rings. The van der Waals surface area contributed by atoms with Crippen molar-refractivity contribution in [2.75, 3.05) is 5.32 Å². The van der Waals surface area contributed by atoms with Gasteiger partial charge >= 0.3 is 0 Å². The SMILES string of the molecule is C[C@H](Nc1nccc(-c2c(-c3ccc(F)cc3)c(=O)n3n2CCC3)n1)c1ccccc1. The molecule has 0 radical (unpaired) electrons. The van der Waals surface area contributed by atoms with Crippen molar-refractivity contribution in [3.8, 4) is 22.5 Å². The molecule has 0 saturated carbocycles. The summed E-state index contributed by atoms with van der Waals surface area (Å²) in [5.41, 5.74) is 3.68. The summed E-state index contributed by atoms with van der Waals surface area (Å²) in [6, 6.07) is 17.9. The van der Waals surface area contributed by atoms with Crippen molar-refractivity contribution in [3.05, 3.63) is 88.6 Å². The maximum atomic E-state index is 13.5. The summed E-state index contributed by atoms with van der Waals surface area (Å²) in [4.78, 5) is 22.3. The molecule has 2 aromatic heterocycles. The molecule has 1 N–H and O–H groups in total. The summed E-state index contributed by atoms with van der Waals surface area (Å²) in [6.45, 7) is 3.45. The number of fused-ring (bicyclic) bond motifs is 1. The normalized spacial score (nSPS) is 13.7. The number of hydrogen-bond donors (Lipinski definition) is 1. The summed E-state index contributed by atoms with van der Waals surface area (Å²) in [5, 5.41) is 3.34. The third-order valence-corrected chi connectivity index (χ3v) is 5.65. The summed E-state index contributed by atoms with van der Waals surface area (Å²) in [6.07, 6.45) is 2.59. The van der Waals surface area contributed by atoms with E-state index in [1.54, 1.807) is 23.0 Å². The number of hydrogen-bond acceptors (Lipinski definition) is 4. The zero-order valence-corrected chi connectivity index (χ0v) is 17.1. The average Bonchev–Trinajstić information content (AvgIpc) is 3.37. The number of rotatable bonds is 5. The molecule has 2 aromatic carbocycles. The maximum absolute atomic E-state index is 13.5. The van der Waals surface area contributed by atoms with E-state index in [0.717, 1.165) is 24.2 Å². The van der Waals surface area contributed by atoms with E-state index < -0.39 is 0 Å². The molecular formula is C24H22FN5O. The lowest BCUT2D eigenvalue weighted by atomic mass is 10.0. The van der Waals surface area contributed by atoms with Crippen LogP contribution >= 0.6 is 0 Å². The number of benzene rings is 2. The van der Waals surface area contributed by atoms with Crippen LogP contribution in [0.4, 0.5) is 10.3 Å². The highest BCUT2D eigenvalue weighted by atomic mass is 19.1. The summed E-state index contributed by atoms with van der Waals surface area (Å²) < 4.78 is 17.2. The molecule has 4 aromatic rings. The van der Waals surface area contributed by atoms with Crippen molar-refractivity contribution in [2.45, 2.75) is 32.5 Å². The molecule has 0 fully saturated rings. The molecule has 0 saturated heterocycles. The van der Waals surface area contributed by atoms with Gasteiger partial charge in [-0.3, -0.25) is 9.48 Å². The third-order valence-electron chi connectivity index (χ3n) is 5.65. The van der Waals surface area contributed by atoms with Crippen molar-refractivity contribution < 1.29 is 4.39 Å². The second-order valence-corrected chi connectivity index (χ2v) is 7.68. The Balaban J connectivity index is 1.58. The van der Waals surface area contributed by atoms with Gasteiger partial charge < -0.3 is 5.32 Å². The predicted octanol–water partition coefficient (Wildman–Crippen LogP) is 4.49. The van der Waals surface area contributed by atoms with E-state index in [-0.39, 0.29) is 17.4 Å². The minimum Gasteiger partial charge on any atom is -0.348 e. The highest BCUT2D eigenvalue weighted by Crippen LogP contribution is 2.32. The van der Waals surface area contributed by atoms with Crippen LogP contribution in [0.1, 0.15) is 24.9 Å². The summed E-state index contributed by atoms with van der Waals surface area (Å²) in [5.74, 6) is 0.158. The van der Waals surface area contributed by atoms with Gasteiger partial charge in [-0.2, -0.15) is 0 Å². The predicted molar refractivity (Wildman–Crippen MR) is 118 cm³/mol. The van der Waals surface area contributed by atoms with Crippen molar-refractivity contribution in [2.24, 2.45) is 0 Å². The number of aromatic nitrogens is 4. The lowest BCUT2D eigenvalue weighted by Gasteiger charge is -2.15. The average molecular weight is 415 g/mol. The van der Waals surface area contributed by atoms with Gasteiger partial charge in [0.25, 0.3) is 5.56 Å². The molecule has 0 amide bonds. The Hall–Kier alpha value is -3.74. The highest BCUT2D eigenvalue weighted by molar-refractivity contribution is 5.79. The van der Waals surface area contributed by atoms with Crippen LogP contribution in [-0.2, 0) is 13.1 Å². The van der Waals surface area contributed by atoms with Gasteiger partial charge in [-0.05, 0) is 42.7 Å². The lowest BCUT2D eigenvalue weighted by molar-refractivity contribution is 0.599. The van der Waals surface area contributed by atoms with Gasteiger partial charge in [0.05, 0.1) is 23.0 Å². The molecule has 156 valence electrons. The smallest absolute Gasteiger partial charge is 0.275 e. The van der Waals surface area contributed by atoms with Crippen LogP contribution in [0.15, 0.2) is 71.7 Å². The van der Waals surface area contributed by atoms with E-state index in [4.69, 9.17) is 4.98 Å². The van der Waals surface area contributed by atoms with Gasteiger partial charge in [-0.1, -0.05) is 42.5 Å². The highest BCUT2D eigenvalue weighted by Gasteiger charge is 2.26. The van der Waals surface area contributed by atoms with Crippen LogP contribution in [-0.4, -0.2) is 19.3 Å². The number of halogens is 1. The van der Waals surface area contributed by atoms with E-state index in [1.807, 2.05) is 28.9 Å². The molecule has 7 heteroatoms. The Bertz CT molecular complexity index is 1280. The largest absolute Gasteiger partial charge is 0.348 e. The maximum Gasteiger partial charge on any atom is 0.275 e. The van der Waals surface area contributed by atoms with E-state index >= 15 is 0 Å². The Morgan fingerprint density at radius 3 is 2.52 bits per heavy atom. The summed E-state index contributed by atoms with van der Waals surface area (Å²) >= 11 is 0. The quantitative estimate of drug-likeness (QED) is 0.522. The van der Waals surface area contributed by atoms with Gasteiger partial charge in [0.15, 0.2) is 0 Å². The number of nitrogens with zero attached hydrogens (tertiary/aromatic N) is 4. The van der Waals surface area contributed by atoms with Gasteiger partial charge in [0.1, 0.15) is 5.82 Å². The second kappa shape index (κ2) is 7.83. The molecule has 5 rings (SSSR count). The van der Waals surface area contributed by atoms with Crippen molar-refractivity contribution in [1.82, 2.24) is 19.3 Å². The molecule has 0 unspecified atom stereocenters. The Morgan fingerprint density at radius 1 is 1.00 bits per heavy atom. The first-order chi connectivity index (χ1) is 15.1. The standard InChI is InChI=1S/C24H22FN5O/c1-16(17-6-3-2-4-7-17)27-24-26-13-12-20(28-24)22-21(18-8-10-19(25)11-9-18)23(31)30-15-5-14-29(22)30/h2-4,6-13,16H,5,14-15H2,1H3,(H,26,27,28)/t16-/m0/s1. The molecule has 0 aliphatic carbocycles. The van der Waals surface area contributed by atoms with Gasteiger partial charge in [0.2, 0.25) is 5.95 Å². The molecule has 31 heavy (non-hydrogen) atoms. The second-order valence-electron chi connectivity index (χ2n) is 7.68. The van der Waals surface area contributed by atoms with Crippen LogP contribution in [0.2, 0.25) is 0 Å². The molecule has 3 heterocycles. The molecular weight excluding hydrogens is 393 g/mol. The van der Waals surface area contributed by atoms with Crippen LogP contribution in [0.25, 0.3) is 22.5 Å². The van der Waals surface area contributed by atoms with E-state index in [9.17, 15) is 9.18 Å². The Kier molecular flexibility index (Phi) is 4.86. The van der Waals surface area contributed by atoms with Crippen LogP contribution in [0, 0.1) is 5.82 Å². The third kappa shape index (κ3) is 3.52. The first kappa shape index (κ1) is 19.2. The van der Waals surface area contributed by atoms with Gasteiger partial charge in [-0.25, -0.2) is 19.0 Å². The fourth-order valence-corrected chi connectivity index (χ4v) is 4.13. The number of anilines is 1. The molecule has 1 atom stereocenters. The van der Waals surface area contributed by atoms with Crippen molar-refractivity contribution >= 4 is 5.95 Å². The molecule has 0 bridgehead atoms. The fraction of sp³-hybridized carbons (Fsp3) is 0.208. The molecule has 0 spiro atoms.